The van der Waals surface area contributed by atoms with Crippen molar-refractivity contribution in [2.75, 3.05) is 10.3 Å². The van der Waals surface area contributed by atoms with Gasteiger partial charge in [-0.25, -0.2) is 25.2 Å². The lowest BCUT2D eigenvalue weighted by Crippen LogP contribution is -2.40. The number of amides is 2. The Morgan fingerprint density at radius 2 is 1.03 bits per heavy atom. The molecule has 0 saturated heterocycles. The molecule has 182 valence electrons. The molecule has 8 nitrogen and oxygen atoms in total. The number of anilines is 2. The number of nitrogens with one attached hydrogen (secondary N) is 1. The Balaban J connectivity index is 1.32. The molecule has 0 unspecified atom stereocenters. The third-order valence-electron chi connectivity index (χ3n) is 5.68. The Kier molecular flexibility index (Phi) is 8.11. The highest BCUT2D eigenvalue weighted by molar-refractivity contribution is 6.00. The van der Waals surface area contributed by atoms with Gasteiger partial charge in [0.1, 0.15) is 0 Å². The number of isocyanates is 2. The second-order valence-electron chi connectivity index (χ2n) is 8.26. The van der Waals surface area contributed by atoms with E-state index in [1.807, 2.05) is 60.7 Å². The maximum Gasteiger partial charge on any atom is 0.340 e. The van der Waals surface area contributed by atoms with Crippen LogP contribution in [0.1, 0.15) is 22.3 Å². The molecule has 3 N–H and O–H groups in total. The molecule has 0 heterocycles. The number of hydrazine groups is 1. The molecule has 0 aliphatic carbocycles. The maximum absolute atomic E-state index is 12.7. The fraction of sp³-hybridized carbons (Fsp3) is 0.0690. The molecule has 0 bridgehead atoms. The maximum atomic E-state index is 12.7. The third-order valence-corrected chi connectivity index (χ3v) is 5.68. The number of aliphatic imine (C=N–C) groups is 2. The molecule has 37 heavy (non-hydrogen) atoms. The van der Waals surface area contributed by atoms with Crippen molar-refractivity contribution in [1.29, 1.82) is 0 Å². The molecule has 8 heteroatoms. The highest BCUT2D eigenvalue weighted by atomic mass is 16.2. The first-order valence-corrected chi connectivity index (χ1v) is 11.4. The number of nitrogens with zero attached hydrogens (tertiary/aromatic N) is 3. The van der Waals surface area contributed by atoms with Crippen molar-refractivity contribution in [2.45, 2.75) is 12.8 Å². The van der Waals surface area contributed by atoms with Crippen LogP contribution >= 0.6 is 0 Å². The highest BCUT2D eigenvalue weighted by Gasteiger charge is 2.12. The van der Waals surface area contributed by atoms with Gasteiger partial charge in [0.05, 0.1) is 17.1 Å². The summed E-state index contributed by atoms with van der Waals surface area (Å²) in [6.07, 6.45) is 4.44. The summed E-state index contributed by atoms with van der Waals surface area (Å²) in [7, 11) is 0. The minimum absolute atomic E-state index is 0.460. The molecular weight excluding hydrogens is 466 g/mol. The number of carbonyl (C=O) groups is 1. The monoisotopic (exact) mass is 489 g/mol. The number of hydrogen-bond acceptors (Lipinski definition) is 6. The van der Waals surface area contributed by atoms with Crippen molar-refractivity contribution in [2.24, 2.45) is 15.8 Å². The van der Waals surface area contributed by atoms with Gasteiger partial charge in [0, 0.05) is 5.69 Å². The van der Waals surface area contributed by atoms with Crippen molar-refractivity contribution in [3.8, 4) is 0 Å². The molecule has 4 rings (SSSR count). The molecule has 2 amide bonds. The first-order valence-electron chi connectivity index (χ1n) is 11.4. The zero-order chi connectivity index (χ0) is 26.0. The van der Waals surface area contributed by atoms with Gasteiger partial charge in [-0.15, -0.1) is 0 Å². The lowest BCUT2D eigenvalue weighted by atomic mass is 10.0. The zero-order valence-electron chi connectivity index (χ0n) is 19.8. The molecule has 0 aliphatic rings. The van der Waals surface area contributed by atoms with Crippen LogP contribution in [-0.2, 0) is 22.4 Å². The standard InChI is InChI=1S/C29H23N5O3/c30-34(28-15-7-24(8-16-28)18-22-3-11-26(12-4-22)32-20-36)29(37)33-27-13-5-23(6-14-27)17-21-1-9-25(10-2-21)31-19-35/h1-16H,17-18,30H2,(H,33,37). The van der Waals surface area contributed by atoms with Crippen molar-refractivity contribution in [3.63, 3.8) is 0 Å². The van der Waals surface area contributed by atoms with Crippen LogP contribution < -0.4 is 16.2 Å². The minimum atomic E-state index is -0.460. The Morgan fingerprint density at radius 3 is 1.43 bits per heavy atom. The molecule has 0 fully saturated rings. The van der Waals surface area contributed by atoms with Gasteiger partial charge in [-0.05, 0) is 83.6 Å². The first-order chi connectivity index (χ1) is 18.0. The predicted octanol–water partition coefficient (Wildman–Crippen LogP) is 5.72. The van der Waals surface area contributed by atoms with E-state index in [0.717, 1.165) is 27.3 Å². The number of urea groups is 1. The molecular formula is C29H23N5O3. The molecule has 0 spiro atoms. The van der Waals surface area contributed by atoms with Gasteiger partial charge in [0.25, 0.3) is 0 Å². The third kappa shape index (κ3) is 6.94. The van der Waals surface area contributed by atoms with E-state index in [1.54, 1.807) is 36.4 Å². The summed E-state index contributed by atoms with van der Waals surface area (Å²) < 4.78 is 0. The van der Waals surface area contributed by atoms with E-state index >= 15 is 0 Å². The lowest BCUT2D eigenvalue weighted by molar-refractivity contribution is 0.257. The molecule has 0 atom stereocenters. The van der Waals surface area contributed by atoms with Crippen molar-refractivity contribution >= 4 is 40.9 Å². The molecule has 4 aromatic rings. The van der Waals surface area contributed by atoms with Crippen LogP contribution in [-0.4, -0.2) is 18.2 Å². The van der Waals surface area contributed by atoms with Gasteiger partial charge in [-0.3, -0.25) is 0 Å². The number of rotatable bonds is 8. The van der Waals surface area contributed by atoms with E-state index in [2.05, 4.69) is 15.3 Å². The summed E-state index contributed by atoms with van der Waals surface area (Å²) in [5.74, 6) is 6.05. The topological polar surface area (TPSA) is 117 Å². The van der Waals surface area contributed by atoms with E-state index in [0.29, 0.717) is 35.6 Å². The fourth-order valence-electron chi connectivity index (χ4n) is 3.73. The van der Waals surface area contributed by atoms with Crippen molar-refractivity contribution in [1.82, 2.24) is 0 Å². The number of hydrogen-bond donors (Lipinski definition) is 2. The van der Waals surface area contributed by atoms with Crippen molar-refractivity contribution in [3.05, 3.63) is 119 Å². The van der Waals surface area contributed by atoms with Crippen LogP contribution in [0.5, 0.6) is 0 Å². The van der Waals surface area contributed by atoms with Gasteiger partial charge >= 0.3 is 6.03 Å². The zero-order valence-corrected chi connectivity index (χ0v) is 19.8. The van der Waals surface area contributed by atoms with Crippen LogP contribution in [0, 0.1) is 0 Å². The van der Waals surface area contributed by atoms with E-state index in [1.165, 1.54) is 12.2 Å². The van der Waals surface area contributed by atoms with Crippen LogP contribution in [0.2, 0.25) is 0 Å². The quantitative estimate of drug-likeness (QED) is 0.108. The molecule has 0 aromatic heterocycles. The smallest absolute Gasteiger partial charge is 0.306 e. The van der Waals surface area contributed by atoms with Crippen LogP contribution in [0.3, 0.4) is 0 Å². The van der Waals surface area contributed by atoms with E-state index in [4.69, 9.17) is 5.84 Å². The van der Waals surface area contributed by atoms with Gasteiger partial charge < -0.3 is 5.32 Å². The summed E-state index contributed by atoms with van der Waals surface area (Å²) in [6, 6.07) is 29.1. The Hall–Kier alpha value is -5.13. The van der Waals surface area contributed by atoms with Crippen molar-refractivity contribution < 1.29 is 14.4 Å². The number of carbonyl (C=O) groups excluding carboxylic acids is 3. The largest absolute Gasteiger partial charge is 0.340 e. The average molecular weight is 490 g/mol. The Morgan fingerprint density at radius 1 is 0.649 bits per heavy atom. The summed E-state index contributed by atoms with van der Waals surface area (Å²) in [5, 5.41) is 3.86. The second-order valence-corrected chi connectivity index (χ2v) is 8.26. The molecule has 0 radical (unpaired) electrons. The number of benzene rings is 4. The predicted molar refractivity (Wildman–Crippen MR) is 143 cm³/mol. The molecule has 0 saturated carbocycles. The normalized spacial score (nSPS) is 10.1. The second kappa shape index (κ2) is 12.0. The van der Waals surface area contributed by atoms with E-state index in [-0.39, 0.29) is 0 Å². The first kappa shape index (κ1) is 25.0. The van der Waals surface area contributed by atoms with Crippen LogP contribution in [0.25, 0.3) is 0 Å². The van der Waals surface area contributed by atoms with Gasteiger partial charge in [0.2, 0.25) is 12.2 Å². The van der Waals surface area contributed by atoms with E-state index in [9.17, 15) is 14.4 Å². The van der Waals surface area contributed by atoms with Crippen LogP contribution in [0.4, 0.5) is 27.5 Å². The Bertz CT molecular complexity index is 1450. The SMILES string of the molecule is NN(C(=O)Nc1ccc(Cc2ccc(N=C=O)cc2)cc1)c1ccc(Cc2ccc(N=C=O)cc2)cc1. The minimum Gasteiger partial charge on any atom is -0.306 e. The summed E-state index contributed by atoms with van der Waals surface area (Å²) in [5.41, 5.74) is 6.55. The van der Waals surface area contributed by atoms with Gasteiger partial charge in [0.15, 0.2) is 0 Å². The Labute approximate surface area is 213 Å². The summed E-state index contributed by atoms with van der Waals surface area (Å²) in [4.78, 5) is 40.5. The fourth-order valence-corrected chi connectivity index (χ4v) is 3.73. The summed E-state index contributed by atoms with van der Waals surface area (Å²) in [6.45, 7) is 0. The summed E-state index contributed by atoms with van der Waals surface area (Å²) >= 11 is 0. The molecule has 4 aromatic carbocycles. The van der Waals surface area contributed by atoms with Crippen LogP contribution in [0.15, 0.2) is 107 Å². The lowest BCUT2D eigenvalue weighted by Gasteiger charge is -2.18. The average Bonchev–Trinajstić information content (AvgIpc) is 2.92. The number of nitrogens with two attached hydrogens (primary N) is 1. The highest BCUT2D eigenvalue weighted by Crippen LogP contribution is 2.20. The van der Waals surface area contributed by atoms with Gasteiger partial charge in [-0.1, -0.05) is 48.5 Å². The molecule has 0 aliphatic heterocycles. The van der Waals surface area contributed by atoms with E-state index < -0.39 is 6.03 Å². The van der Waals surface area contributed by atoms with Gasteiger partial charge in [-0.2, -0.15) is 9.98 Å².